The van der Waals surface area contributed by atoms with Gasteiger partial charge in [0, 0.05) is 6.07 Å². The molecule has 6 heteroatoms. The van der Waals surface area contributed by atoms with Gasteiger partial charge in [-0.15, -0.1) is 0 Å². The molecule has 96 valence electrons. The summed E-state index contributed by atoms with van der Waals surface area (Å²) in [6.07, 6.45) is 0.652. The molecular weight excluding hydrogens is 236 g/mol. The van der Waals surface area contributed by atoms with Crippen LogP contribution in [0.15, 0.2) is 24.3 Å². The summed E-state index contributed by atoms with van der Waals surface area (Å²) >= 11 is 0. The van der Waals surface area contributed by atoms with E-state index >= 15 is 0 Å². The maximum Gasteiger partial charge on any atom is 0.292 e. The van der Waals surface area contributed by atoms with Crippen molar-refractivity contribution in [1.82, 2.24) is 0 Å². The van der Waals surface area contributed by atoms with Gasteiger partial charge in [-0.3, -0.25) is 14.9 Å². The third kappa shape index (κ3) is 2.06. The molecule has 1 N–H and O–H groups in total. The Morgan fingerprint density at radius 2 is 2.17 bits per heavy atom. The monoisotopic (exact) mass is 250 g/mol. The molecule has 0 bridgehead atoms. The number of anilines is 1. The molecule has 0 spiro atoms. The Morgan fingerprint density at radius 3 is 2.67 bits per heavy atom. The Hall–Kier alpha value is -1.95. The quantitative estimate of drug-likeness (QED) is 0.654. The number of carbonyl (C=O) groups is 1. The van der Waals surface area contributed by atoms with E-state index in [-0.39, 0.29) is 17.3 Å². The molecule has 0 saturated carbocycles. The Labute approximate surface area is 104 Å². The van der Waals surface area contributed by atoms with Gasteiger partial charge in [0.1, 0.15) is 5.69 Å². The first-order valence-corrected chi connectivity index (χ1v) is 5.72. The number of carbonyl (C=O) groups excluding carboxylic acids is 1. The average molecular weight is 250 g/mol. The average Bonchev–Trinajstić information content (AvgIpc) is 2.28. The maximum absolute atomic E-state index is 12.1. The number of nitro benzene ring substituents is 1. The van der Waals surface area contributed by atoms with Gasteiger partial charge in [0.15, 0.2) is 0 Å². The number of para-hydroxylation sites is 2. The summed E-state index contributed by atoms with van der Waals surface area (Å²) in [7, 11) is 0. The number of benzene rings is 1. The number of nitro groups is 1. The number of amides is 1. The second kappa shape index (κ2) is 4.73. The van der Waals surface area contributed by atoms with E-state index < -0.39 is 10.3 Å². The summed E-state index contributed by atoms with van der Waals surface area (Å²) in [4.78, 5) is 22.4. The van der Waals surface area contributed by atoms with Crippen LogP contribution in [0.5, 0.6) is 0 Å². The van der Waals surface area contributed by atoms with Gasteiger partial charge in [0.05, 0.1) is 23.6 Å². The fraction of sp³-hybridized carbons (Fsp3) is 0.417. The Kier molecular flexibility index (Phi) is 3.29. The van der Waals surface area contributed by atoms with Gasteiger partial charge in [0.2, 0.25) is 5.91 Å². The molecule has 1 amide bonds. The topological polar surface area (TPSA) is 81.5 Å². The molecule has 1 aliphatic heterocycles. The van der Waals surface area contributed by atoms with Gasteiger partial charge in [-0.2, -0.15) is 0 Å². The van der Waals surface area contributed by atoms with Crippen molar-refractivity contribution in [2.45, 2.75) is 13.3 Å². The summed E-state index contributed by atoms with van der Waals surface area (Å²) in [5.74, 6) is -0.217. The molecule has 1 aliphatic rings. The number of ether oxygens (including phenoxy) is 1. The van der Waals surface area contributed by atoms with Gasteiger partial charge in [-0.05, 0) is 12.5 Å². The summed E-state index contributed by atoms with van der Waals surface area (Å²) < 4.78 is 5.07. The van der Waals surface area contributed by atoms with Crippen molar-refractivity contribution in [2.75, 3.05) is 18.5 Å². The Morgan fingerprint density at radius 1 is 1.50 bits per heavy atom. The Balaban J connectivity index is 2.19. The van der Waals surface area contributed by atoms with Crippen molar-refractivity contribution in [3.63, 3.8) is 0 Å². The highest BCUT2D eigenvalue weighted by Crippen LogP contribution is 2.34. The van der Waals surface area contributed by atoms with Crippen molar-refractivity contribution < 1.29 is 14.5 Å². The second-order valence-electron chi connectivity index (χ2n) is 4.36. The zero-order valence-electron chi connectivity index (χ0n) is 10.0. The lowest BCUT2D eigenvalue weighted by molar-refractivity contribution is -0.383. The number of rotatable bonds is 4. The van der Waals surface area contributed by atoms with Gasteiger partial charge < -0.3 is 10.1 Å². The minimum atomic E-state index is -0.538. The standard InChI is InChI=1S/C12H14N2O4/c1-2-12(7-18-8-12)11(15)13-9-5-3-4-6-10(9)14(16)17/h3-6H,2,7-8H2,1H3,(H,13,15). The number of nitrogens with zero attached hydrogens (tertiary/aromatic N) is 1. The number of hydrogen-bond donors (Lipinski definition) is 1. The fourth-order valence-corrected chi connectivity index (χ4v) is 1.84. The predicted octanol–water partition coefficient (Wildman–Crippen LogP) is 1.96. The van der Waals surface area contributed by atoms with Crippen LogP contribution in [0, 0.1) is 15.5 Å². The Bertz CT molecular complexity index is 477. The summed E-state index contributed by atoms with van der Waals surface area (Å²) in [5.41, 5.74) is -0.409. The lowest BCUT2D eigenvalue weighted by atomic mass is 9.82. The largest absolute Gasteiger partial charge is 0.379 e. The van der Waals surface area contributed by atoms with E-state index in [1.165, 1.54) is 12.1 Å². The molecule has 0 aliphatic carbocycles. The maximum atomic E-state index is 12.1. The van der Waals surface area contributed by atoms with E-state index in [1.807, 2.05) is 6.92 Å². The van der Waals surface area contributed by atoms with Crippen LogP contribution in [0.4, 0.5) is 11.4 Å². The molecule has 0 aromatic heterocycles. The van der Waals surface area contributed by atoms with E-state index in [0.717, 1.165) is 0 Å². The van der Waals surface area contributed by atoms with Crippen LogP contribution < -0.4 is 5.32 Å². The highest BCUT2D eigenvalue weighted by atomic mass is 16.6. The van der Waals surface area contributed by atoms with Crippen LogP contribution in [0.3, 0.4) is 0 Å². The highest BCUT2D eigenvalue weighted by Gasteiger charge is 2.44. The minimum absolute atomic E-state index is 0.0997. The molecule has 18 heavy (non-hydrogen) atoms. The van der Waals surface area contributed by atoms with E-state index in [9.17, 15) is 14.9 Å². The number of nitrogens with one attached hydrogen (secondary N) is 1. The zero-order chi connectivity index (χ0) is 13.2. The van der Waals surface area contributed by atoms with Crippen molar-refractivity contribution in [3.8, 4) is 0 Å². The SMILES string of the molecule is CCC1(C(=O)Nc2ccccc2[N+](=O)[O-])COC1. The molecular formula is C12H14N2O4. The first-order valence-electron chi connectivity index (χ1n) is 5.72. The lowest BCUT2D eigenvalue weighted by Crippen LogP contribution is -2.51. The van der Waals surface area contributed by atoms with Crippen LogP contribution in [0.2, 0.25) is 0 Å². The van der Waals surface area contributed by atoms with E-state index in [1.54, 1.807) is 12.1 Å². The third-order valence-corrected chi connectivity index (χ3v) is 3.26. The zero-order valence-corrected chi connectivity index (χ0v) is 10.0. The molecule has 2 rings (SSSR count). The van der Waals surface area contributed by atoms with Crippen molar-refractivity contribution >= 4 is 17.3 Å². The first-order chi connectivity index (χ1) is 8.59. The van der Waals surface area contributed by atoms with E-state index in [0.29, 0.717) is 19.6 Å². The molecule has 0 radical (unpaired) electrons. The van der Waals surface area contributed by atoms with Gasteiger partial charge >= 0.3 is 0 Å². The van der Waals surface area contributed by atoms with Crippen LogP contribution >= 0.6 is 0 Å². The van der Waals surface area contributed by atoms with Crippen molar-refractivity contribution in [1.29, 1.82) is 0 Å². The molecule has 1 fully saturated rings. The molecule has 6 nitrogen and oxygen atoms in total. The molecule has 1 aromatic rings. The van der Waals surface area contributed by atoms with Crippen molar-refractivity contribution in [2.24, 2.45) is 5.41 Å². The predicted molar refractivity (Wildman–Crippen MR) is 65.3 cm³/mol. The van der Waals surface area contributed by atoms with Gasteiger partial charge in [-0.1, -0.05) is 19.1 Å². The van der Waals surface area contributed by atoms with Crippen LogP contribution in [-0.4, -0.2) is 24.0 Å². The van der Waals surface area contributed by atoms with Gasteiger partial charge in [-0.25, -0.2) is 0 Å². The summed E-state index contributed by atoms with van der Waals surface area (Å²) in [6.45, 7) is 2.65. The normalized spacial score (nSPS) is 16.7. The smallest absolute Gasteiger partial charge is 0.292 e. The summed E-state index contributed by atoms with van der Waals surface area (Å²) in [6, 6.07) is 6.11. The molecule has 0 unspecified atom stereocenters. The van der Waals surface area contributed by atoms with Gasteiger partial charge in [0.25, 0.3) is 5.69 Å². The molecule has 1 saturated heterocycles. The van der Waals surface area contributed by atoms with E-state index in [2.05, 4.69) is 5.32 Å². The molecule has 1 aromatic carbocycles. The fourth-order valence-electron chi connectivity index (χ4n) is 1.84. The minimum Gasteiger partial charge on any atom is -0.379 e. The van der Waals surface area contributed by atoms with E-state index in [4.69, 9.17) is 4.74 Å². The molecule has 0 atom stereocenters. The molecule has 1 heterocycles. The van der Waals surface area contributed by atoms with Crippen LogP contribution in [0.25, 0.3) is 0 Å². The van der Waals surface area contributed by atoms with Crippen molar-refractivity contribution in [3.05, 3.63) is 34.4 Å². The highest BCUT2D eigenvalue weighted by molar-refractivity contribution is 5.97. The number of hydrogen-bond acceptors (Lipinski definition) is 4. The first kappa shape index (κ1) is 12.5. The third-order valence-electron chi connectivity index (χ3n) is 3.26. The second-order valence-corrected chi connectivity index (χ2v) is 4.36. The summed E-state index contributed by atoms with van der Waals surface area (Å²) in [5, 5.41) is 13.5. The van der Waals surface area contributed by atoms with Crippen LogP contribution in [0.1, 0.15) is 13.3 Å². The lowest BCUT2D eigenvalue weighted by Gasteiger charge is -2.38. The van der Waals surface area contributed by atoms with Crippen LogP contribution in [-0.2, 0) is 9.53 Å².